The van der Waals surface area contributed by atoms with Gasteiger partial charge in [-0.05, 0) is 129 Å². The summed E-state index contributed by atoms with van der Waals surface area (Å²) < 4.78 is 24.1. The van der Waals surface area contributed by atoms with E-state index in [1.54, 1.807) is 12.4 Å². The lowest BCUT2D eigenvalue weighted by Crippen LogP contribution is -2.42. The molecule has 2 saturated heterocycles. The maximum absolute atomic E-state index is 11.1. The number of aliphatic hydroxyl groups is 2. The predicted molar refractivity (Wildman–Crippen MR) is 234 cm³/mol. The first-order valence-electron chi connectivity index (χ1n) is 22.3. The summed E-state index contributed by atoms with van der Waals surface area (Å²) >= 11 is 0. The highest BCUT2D eigenvalue weighted by atomic mass is 16.6. The molecular formula is C47H74N6O6. The second kappa shape index (κ2) is 21.1. The number of fused-ring (bicyclic) bond motifs is 2. The van der Waals surface area contributed by atoms with E-state index in [2.05, 4.69) is 34.6 Å². The largest absolute Gasteiger partial charge is 0.399 e. The van der Waals surface area contributed by atoms with Crippen molar-refractivity contribution >= 4 is 11.4 Å². The van der Waals surface area contributed by atoms with Gasteiger partial charge < -0.3 is 40.6 Å². The minimum atomic E-state index is -0.930. The van der Waals surface area contributed by atoms with Crippen molar-refractivity contribution in [3.63, 3.8) is 0 Å². The van der Waals surface area contributed by atoms with E-state index in [1.165, 1.54) is 42.1 Å². The standard InChI is InChI=1S/C47H74N6O6/c1-29-9-21-43(45-28-57-31(3)11-22-41(29)45)33(5)47(55)59-26-38(49)24-53(51)40-19-15-35(16-20-40)34-13-17-39(18-14-34)52(50)23-37(48)25-58-46(54)32(4)42-8-6-7-36-12-10-30(2)56-27-44(36)42/h13-20,23-24,29-33,36,41-47,54-55H,6-12,21-22,25-28,48-51H2,1-5H3/b37-23-,38-24-/t29-,30?,31?,32?,33?,36-,41+,42?,43+,44?,45?,46+,47+/m1/s1. The molecule has 12 nitrogen and oxygen atoms in total. The smallest absolute Gasteiger partial charge is 0.157 e. The molecule has 0 spiro atoms. The Morgan fingerprint density at radius 3 is 1.64 bits per heavy atom. The number of aliphatic hydroxyl groups excluding tert-OH is 2. The number of hydrogen-bond acceptors (Lipinski definition) is 12. The fourth-order valence-electron chi connectivity index (χ4n) is 10.6. The molecule has 2 aliphatic carbocycles. The van der Waals surface area contributed by atoms with Gasteiger partial charge in [-0.25, -0.2) is 11.7 Å². The van der Waals surface area contributed by atoms with Crippen molar-refractivity contribution in [2.75, 3.05) is 36.4 Å². The molecule has 59 heavy (non-hydrogen) atoms. The first kappa shape index (κ1) is 45.3. The summed E-state index contributed by atoms with van der Waals surface area (Å²) in [5.74, 6) is 16.2. The molecule has 2 heterocycles. The number of hydrogen-bond donors (Lipinski definition) is 6. The van der Waals surface area contributed by atoms with Crippen LogP contribution in [0.4, 0.5) is 11.4 Å². The average molecular weight is 819 g/mol. The van der Waals surface area contributed by atoms with Crippen molar-refractivity contribution in [3.05, 3.63) is 72.3 Å². The third-order valence-electron chi connectivity index (χ3n) is 14.4. The minimum Gasteiger partial charge on any atom is -0.399 e. The van der Waals surface area contributed by atoms with E-state index >= 15 is 0 Å². The Labute approximate surface area is 353 Å². The van der Waals surface area contributed by atoms with Gasteiger partial charge in [0.05, 0.1) is 61.4 Å². The van der Waals surface area contributed by atoms with Crippen LogP contribution in [-0.2, 0) is 18.9 Å². The summed E-state index contributed by atoms with van der Waals surface area (Å²) in [6, 6.07) is 15.7. The van der Waals surface area contributed by atoms with Crippen LogP contribution in [0, 0.1) is 53.3 Å². The first-order valence-corrected chi connectivity index (χ1v) is 22.3. The number of rotatable bonds is 15. The lowest BCUT2D eigenvalue weighted by atomic mass is 9.62. The molecule has 2 aromatic carbocycles. The van der Waals surface area contributed by atoms with Crippen LogP contribution in [0.2, 0.25) is 0 Å². The van der Waals surface area contributed by atoms with E-state index in [0.29, 0.717) is 65.0 Å². The quantitative estimate of drug-likeness (QED) is 0.0617. The first-order chi connectivity index (χ1) is 28.3. The van der Waals surface area contributed by atoms with Gasteiger partial charge in [0.1, 0.15) is 0 Å². The van der Waals surface area contributed by atoms with E-state index in [1.807, 2.05) is 48.5 Å². The maximum atomic E-state index is 11.1. The van der Waals surface area contributed by atoms with Crippen LogP contribution < -0.4 is 33.2 Å². The Morgan fingerprint density at radius 1 is 0.644 bits per heavy atom. The molecule has 0 radical (unpaired) electrons. The van der Waals surface area contributed by atoms with Crippen LogP contribution >= 0.6 is 0 Å². The number of benzene rings is 2. The van der Waals surface area contributed by atoms with E-state index in [9.17, 15) is 10.2 Å². The molecule has 0 amide bonds. The van der Waals surface area contributed by atoms with Crippen molar-refractivity contribution < 1.29 is 29.2 Å². The predicted octanol–water partition coefficient (Wildman–Crippen LogP) is 6.97. The zero-order chi connectivity index (χ0) is 42.2. The number of nitrogens with two attached hydrogens (primary N) is 4. The highest BCUT2D eigenvalue weighted by Gasteiger charge is 2.43. The van der Waals surface area contributed by atoms with Crippen molar-refractivity contribution in [1.82, 2.24) is 0 Å². The summed E-state index contributed by atoms with van der Waals surface area (Å²) in [4.78, 5) is 0. The highest BCUT2D eigenvalue weighted by molar-refractivity contribution is 5.69. The van der Waals surface area contributed by atoms with Gasteiger partial charge in [-0.1, -0.05) is 64.3 Å². The van der Waals surface area contributed by atoms with Gasteiger partial charge in [-0.2, -0.15) is 0 Å². The summed E-state index contributed by atoms with van der Waals surface area (Å²) in [5.41, 5.74) is 17.0. The SMILES string of the molecule is CC1CC[C@H]2CCCC(C(C)[C@@H](O)OC/C(N)=C/N(N)c3ccc(-c4ccc(N(N)/C=C(\N)CO[C@H](O)C(C)[C@@H]5CC[C@@H](C)[C@@H]6CCC(C)OCC56)cc4)cc3)C2CO1. The molecule has 2 aromatic rings. The van der Waals surface area contributed by atoms with Crippen LogP contribution in [-0.4, -0.2) is 61.4 Å². The van der Waals surface area contributed by atoms with Crippen molar-refractivity contribution in [2.24, 2.45) is 76.4 Å². The van der Waals surface area contributed by atoms with Gasteiger partial charge in [0.2, 0.25) is 0 Å². The number of nitrogens with zero attached hydrogens (tertiary/aromatic N) is 2. The molecule has 0 bridgehead atoms. The van der Waals surface area contributed by atoms with Crippen molar-refractivity contribution in [2.45, 2.75) is 117 Å². The molecule has 2 aliphatic heterocycles. The molecule has 13 atom stereocenters. The van der Waals surface area contributed by atoms with Gasteiger partial charge in [-0.3, -0.25) is 10.0 Å². The monoisotopic (exact) mass is 819 g/mol. The number of anilines is 2. The maximum Gasteiger partial charge on any atom is 0.157 e. The Bertz CT molecular complexity index is 1660. The highest BCUT2D eigenvalue weighted by Crippen LogP contribution is 2.47. The van der Waals surface area contributed by atoms with Crippen LogP contribution in [0.15, 0.2) is 72.3 Å². The summed E-state index contributed by atoms with van der Waals surface area (Å²) in [5, 5.41) is 25.0. The normalized spacial score (nSPS) is 31.4. The third-order valence-corrected chi connectivity index (χ3v) is 14.4. The number of hydrazine groups is 2. The Morgan fingerprint density at radius 2 is 1.12 bits per heavy atom. The second-order valence-corrected chi connectivity index (χ2v) is 18.4. The van der Waals surface area contributed by atoms with E-state index in [-0.39, 0.29) is 25.0 Å². The second-order valence-electron chi connectivity index (χ2n) is 18.4. The lowest BCUT2D eigenvalue weighted by Gasteiger charge is -2.44. The Balaban J connectivity index is 0.956. The van der Waals surface area contributed by atoms with E-state index in [0.717, 1.165) is 61.4 Å². The molecule has 0 aromatic heterocycles. The lowest BCUT2D eigenvalue weighted by molar-refractivity contribution is -0.152. The molecular weight excluding hydrogens is 745 g/mol. The zero-order valence-electron chi connectivity index (χ0n) is 36.2. The molecule has 12 heteroatoms. The fraction of sp³-hybridized carbons (Fsp3) is 0.660. The van der Waals surface area contributed by atoms with Crippen LogP contribution in [0.1, 0.15) is 92.4 Å². The summed E-state index contributed by atoms with van der Waals surface area (Å²) in [6.07, 6.45) is 12.3. The molecule has 2 saturated carbocycles. The number of ether oxygens (including phenoxy) is 4. The summed E-state index contributed by atoms with van der Waals surface area (Å²) in [7, 11) is 0. The van der Waals surface area contributed by atoms with E-state index < -0.39 is 12.6 Å². The molecule has 4 aliphatic rings. The zero-order valence-corrected chi connectivity index (χ0v) is 36.2. The molecule has 6 rings (SSSR count). The van der Waals surface area contributed by atoms with Gasteiger partial charge in [0, 0.05) is 24.2 Å². The van der Waals surface area contributed by atoms with Gasteiger partial charge in [0.15, 0.2) is 12.6 Å². The van der Waals surface area contributed by atoms with Gasteiger partial charge >= 0.3 is 0 Å². The molecule has 4 fully saturated rings. The van der Waals surface area contributed by atoms with Crippen LogP contribution in [0.3, 0.4) is 0 Å². The van der Waals surface area contributed by atoms with Gasteiger partial charge in [0.25, 0.3) is 0 Å². The summed E-state index contributed by atoms with van der Waals surface area (Å²) in [6.45, 7) is 12.5. The van der Waals surface area contributed by atoms with Crippen molar-refractivity contribution in [1.29, 1.82) is 0 Å². The molecule has 10 N–H and O–H groups in total. The Hall–Kier alpha value is -3.20. The topological polar surface area (TPSA) is 188 Å². The minimum absolute atomic E-state index is 0.0236. The third kappa shape index (κ3) is 11.8. The molecule has 328 valence electrons. The molecule has 7 unspecified atom stereocenters. The van der Waals surface area contributed by atoms with Crippen molar-refractivity contribution in [3.8, 4) is 11.1 Å². The Kier molecular flexibility index (Phi) is 16.2. The van der Waals surface area contributed by atoms with Crippen LogP contribution in [0.25, 0.3) is 11.1 Å². The van der Waals surface area contributed by atoms with E-state index in [4.69, 9.17) is 42.1 Å². The van der Waals surface area contributed by atoms with Crippen LogP contribution in [0.5, 0.6) is 0 Å². The van der Waals surface area contributed by atoms with Gasteiger partial charge in [-0.15, -0.1) is 0 Å². The fourth-order valence-corrected chi connectivity index (χ4v) is 10.6. The average Bonchev–Trinajstić information content (AvgIpc) is 3.57.